The van der Waals surface area contributed by atoms with E-state index in [9.17, 15) is 14.4 Å². The summed E-state index contributed by atoms with van der Waals surface area (Å²) in [4.78, 5) is 35.0. The number of hydrogen-bond donors (Lipinski definition) is 4. The monoisotopic (exact) mass is 287 g/mol. The predicted molar refractivity (Wildman–Crippen MR) is 70.5 cm³/mol. The van der Waals surface area contributed by atoms with Crippen LogP contribution in [0.3, 0.4) is 0 Å². The quantitative estimate of drug-likeness (QED) is 0.510. The van der Waals surface area contributed by atoms with E-state index < -0.39 is 30.4 Å². The van der Waals surface area contributed by atoms with Crippen LogP contribution in [-0.2, 0) is 9.59 Å². The molecule has 20 heavy (non-hydrogen) atoms. The number of nitrogens with zero attached hydrogens (tertiary/aromatic N) is 1. The van der Waals surface area contributed by atoms with Crippen molar-refractivity contribution in [3.05, 3.63) is 0 Å². The van der Waals surface area contributed by atoms with Crippen LogP contribution in [0.2, 0.25) is 0 Å². The van der Waals surface area contributed by atoms with E-state index in [-0.39, 0.29) is 5.54 Å². The number of carboxylic acids is 2. The maximum absolute atomic E-state index is 11.7. The van der Waals surface area contributed by atoms with Crippen molar-refractivity contribution < 1.29 is 24.6 Å². The summed E-state index contributed by atoms with van der Waals surface area (Å²) in [6.45, 7) is 0.408. The molecule has 1 fully saturated rings. The summed E-state index contributed by atoms with van der Waals surface area (Å²) in [7, 11) is 3.87. The lowest BCUT2D eigenvalue weighted by Gasteiger charge is -2.47. The van der Waals surface area contributed by atoms with Gasteiger partial charge in [-0.3, -0.25) is 4.79 Å². The van der Waals surface area contributed by atoms with Crippen LogP contribution < -0.4 is 10.6 Å². The second kappa shape index (κ2) is 6.56. The Morgan fingerprint density at radius 3 is 2.20 bits per heavy atom. The Bertz CT molecular complexity index is 393. The summed E-state index contributed by atoms with van der Waals surface area (Å²) >= 11 is 0. The Labute approximate surface area is 117 Å². The highest BCUT2D eigenvalue weighted by Crippen LogP contribution is 2.35. The average molecular weight is 287 g/mol. The molecule has 1 atom stereocenters. The van der Waals surface area contributed by atoms with E-state index >= 15 is 0 Å². The molecule has 1 unspecified atom stereocenters. The largest absolute Gasteiger partial charge is 0.481 e. The molecular weight excluding hydrogens is 266 g/mol. The van der Waals surface area contributed by atoms with Crippen LogP contribution in [0.4, 0.5) is 4.79 Å². The van der Waals surface area contributed by atoms with E-state index in [1.165, 1.54) is 0 Å². The van der Waals surface area contributed by atoms with Gasteiger partial charge < -0.3 is 25.7 Å². The number of aliphatic carboxylic acids is 2. The summed E-state index contributed by atoms with van der Waals surface area (Å²) in [6.07, 6.45) is 2.38. The first kappa shape index (κ1) is 16.2. The lowest BCUT2D eigenvalue weighted by atomic mass is 9.75. The molecule has 1 saturated carbocycles. The minimum absolute atomic E-state index is 0.0805. The van der Waals surface area contributed by atoms with Gasteiger partial charge in [-0.05, 0) is 33.4 Å². The molecule has 0 bridgehead atoms. The van der Waals surface area contributed by atoms with E-state index in [2.05, 4.69) is 10.6 Å². The van der Waals surface area contributed by atoms with Crippen molar-refractivity contribution in [2.75, 3.05) is 20.6 Å². The molecule has 1 rings (SSSR count). The second-order valence-corrected chi connectivity index (χ2v) is 5.29. The minimum Gasteiger partial charge on any atom is -0.481 e. The van der Waals surface area contributed by atoms with Gasteiger partial charge in [0.2, 0.25) is 0 Å². The van der Waals surface area contributed by atoms with Gasteiger partial charge in [0.25, 0.3) is 0 Å². The van der Waals surface area contributed by atoms with Gasteiger partial charge in [-0.25, -0.2) is 9.59 Å². The summed E-state index contributed by atoms with van der Waals surface area (Å²) in [5, 5.41) is 22.2. The average Bonchev–Trinajstić information content (AvgIpc) is 2.25. The van der Waals surface area contributed by atoms with Crippen molar-refractivity contribution in [1.82, 2.24) is 15.5 Å². The van der Waals surface area contributed by atoms with Gasteiger partial charge in [0.1, 0.15) is 6.04 Å². The van der Waals surface area contributed by atoms with Crippen LogP contribution in [0.5, 0.6) is 0 Å². The van der Waals surface area contributed by atoms with Crippen molar-refractivity contribution in [3.8, 4) is 0 Å². The minimum atomic E-state index is -1.43. The molecule has 0 aliphatic heterocycles. The number of hydrogen-bond acceptors (Lipinski definition) is 4. The molecule has 0 aromatic rings. The molecule has 2 amide bonds. The lowest BCUT2D eigenvalue weighted by Crippen LogP contribution is -2.59. The van der Waals surface area contributed by atoms with E-state index in [4.69, 9.17) is 10.2 Å². The number of urea groups is 1. The van der Waals surface area contributed by atoms with Gasteiger partial charge in [-0.15, -0.1) is 0 Å². The van der Waals surface area contributed by atoms with Crippen LogP contribution >= 0.6 is 0 Å². The van der Waals surface area contributed by atoms with Crippen LogP contribution in [0.25, 0.3) is 0 Å². The first-order chi connectivity index (χ1) is 9.27. The highest BCUT2D eigenvalue weighted by molar-refractivity contribution is 5.86. The third-order valence-corrected chi connectivity index (χ3v) is 3.79. The molecule has 0 saturated heterocycles. The van der Waals surface area contributed by atoms with Gasteiger partial charge in [0.15, 0.2) is 0 Å². The summed E-state index contributed by atoms with van der Waals surface area (Å²) < 4.78 is 0. The molecule has 8 heteroatoms. The second-order valence-electron chi connectivity index (χ2n) is 5.29. The smallest absolute Gasteiger partial charge is 0.326 e. The molecule has 8 nitrogen and oxygen atoms in total. The number of likely N-dealkylation sites (N-methyl/N-ethyl adjacent to an activating group) is 1. The molecule has 4 N–H and O–H groups in total. The van der Waals surface area contributed by atoms with Gasteiger partial charge in [-0.2, -0.15) is 0 Å². The third kappa shape index (κ3) is 4.09. The molecule has 0 aromatic heterocycles. The maximum atomic E-state index is 11.7. The first-order valence-electron chi connectivity index (χ1n) is 6.43. The van der Waals surface area contributed by atoms with Gasteiger partial charge >= 0.3 is 18.0 Å². The molecule has 0 aromatic carbocycles. The highest BCUT2D eigenvalue weighted by Gasteiger charge is 2.39. The zero-order valence-electron chi connectivity index (χ0n) is 11.7. The molecule has 114 valence electrons. The number of carbonyl (C=O) groups excluding carboxylic acids is 1. The van der Waals surface area contributed by atoms with Crippen LogP contribution in [0, 0.1) is 0 Å². The van der Waals surface area contributed by atoms with Crippen molar-refractivity contribution in [1.29, 1.82) is 0 Å². The van der Waals surface area contributed by atoms with Gasteiger partial charge in [-0.1, -0.05) is 0 Å². The Morgan fingerprint density at radius 1 is 1.25 bits per heavy atom. The van der Waals surface area contributed by atoms with Crippen LogP contribution in [-0.4, -0.2) is 65.3 Å². The normalized spacial score (nSPS) is 17.9. The molecular formula is C12H21N3O5. The molecule has 1 aliphatic rings. The number of carboxylic acid groups (broad SMARTS) is 2. The maximum Gasteiger partial charge on any atom is 0.326 e. The standard InChI is InChI=1S/C12H21N3O5/c1-15(2)12(4-3-5-12)7-13-11(20)14-8(10(18)19)6-9(16)17/h8H,3-7H2,1-2H3,(H,16,17)(H,18,19)(H2,13,14,20). The van der Waals surface area contributed by atoms with Gasteiger partial charge in [0.05, 0.1) is 6.42 Å². The zero-order chi connectivity index (χ0) is 15.3. The summed E-state index contributed by atoms with van der Waals surface area (Å²) in [6, 6.07) is -2.09. The van der Waals surface area contributed by atoms with Crippen LogP contribution in [0.1, 0.15) is 25.7 Å². The predicted octanol–water partition coefficient (Wildman–Crippen LogP) is -0.302. The molecule has 0 radical (unpaired) electrons. The first-order valence-corrected chi connectivity index (χ1v) is 6.43. The molecule has 1 aliphatic carbocycles. The number of amides is 2. The van der Waals surface area contributed by atoms with E-state index in [0.717, 1.165) is 19.3 Å². The third-order valence-electron chi connectivity index (χ3n) is 3.79. The fourth-order valence-electron chi connectivity index (χ4n) is 2.20. The lowest BCUT2D eigenvalue weighted by molar-refractivity contribution is -0.145. The van der Waals surface area contributed by atoms with E-state index in [1.54, 1.807) is 0 Å². The van der Waals surface area contributed by atoms with E-state index in [0.29, 0.717) is 6.54 Å². The number of nitrogens with one attached hydrogen (secondary N) is 2. The van der Waals surface area contributed by atoms with Crippen molar-refractivity contribution in [3.63, 3.8) is 0 Å². The Hall–Kier alpha value is -1.83. The van der Waals surface area contributed by atoms with Crippen molar-refractivity contribution in [2.24, 2.45) is 0 Å². The highest BCUT2D eigenvalue weighted by atomic mass is 16.4. The number of rotatable bonds is 7. The SMILES string of the molecule is CN(C)C1(CNC(=O)NC(CC(=O)O)C(=O)O)CCC1. The summed E-state index contributed by atoms with van der Waals surface area (Å²) in [5.74, 6) is -2.64. The van der Waals surface area contributed by atoms with Crippen molar-refractivity contribution in [2.45, 2.75) is 37.3 Å². The Balaban J connectivity index is 2.46. The Morgan fingerprint density at radius 2 is 1.85 bits per heavy atom. The topological polar surface area (TPSA) is 119 Å². The van der Waals surface area contributed by atoms with E-state index in [1.807, 2.05) is 19.0 Å². The fourth-order valence-corrected chi connectivity index (χ4v) is 2.20. The van der Waals surface area contributed by atoms with Gasteiger partial charge in [0, 0.05) is 12.1 Å². The Kier molecular flexibility index (Phi) is 5.32. The molecule has 0 spiro atoms. The van der Waals surface area contributed by atoms with Crippen LogP contribution in [0.15, 0.2) is 0 Å². The number of carbonyl (C=O) groups is 3. The van der Waals surface area contributed by atoms with Crippen molar-refractivity contribution >= 4 is 18.0 Å². The molecule has 0 heterocycles. The summed E-state index contributed by atoms with van der Waals surface area (Å²) in [5.41, 5.74) is -0.0805. The zero-order valence-corrected chi connectivity index (χ0v) is 11.7. The fraction of sp³-hybridized carbons (Fsp3) is 0.750.